The van der Waals surface area contributed by atoms with Crippen molar-refractivity contribution in [3.05, 3.63) is 58.9 Å². The Balaban J connectivity index is 1.23. The molecule has 2 fully saturated rings. The van der Waals surface area contributed by atoms with Crippen molar-refractivity contribution in [2.45, 2.75) is 50.5 Å². The average molecular weight is 474 g/mol. The van der Waals surface area contributed by atoms with Crippen LogP contribution in [-0.2, 0) is 23.9 Å². The summed E-state index contributed by atoms with van der Waals surface area (Å²) in [4.78, 5) is 32.6. The van der Waals surface area contributed by atoms with Gasteiger partial charge in [0.15, 0.2) is 0 Å². The van der Waals surface area contributed by atoms with Gasteiger partial charge in [-0.1, -0.05) is 18.2 Å². The molecule has 1 spiro atoms. The largest absolute Gasteiger partial charge is 0.493 e. The number of carbonyl (C=O) groups is 2. The summed E-state index contributed by atoms with van der Waals surface area (Å²) in [5.74, 6) is 0.597. The van der Waals surface area contributed by atoms with Gasteiger partial charge in [0.25, 0.3) is 5.91 Å². The van der Waals surface area contributed by atoms with E-state index < -0.39 is 23.4 Å². The topological polar surface area (TPSA) is 74.8 Å². The highest BCUT2D eigenvalue weighted by Crippen LogP contribution is 2.36. The van der Waals surface area contributed by atoms with Crippen LogP contribution in [-0.4, -0.2) is 52.0 Å². The number of nitrogens with one attached hydrogen (secondary N) is 1. The number of ether oxygens (including phenoxy) is 1. The summed E-state index contributed by atoms with van der Waals surface area (Å²) in [6.07, 6.45) is -1.63. The number of hydrogen-bond acceptors (Lipinski definition) is 5. The van der Waals surface area contributed by atoms with E-state index in [1.165, 1.54) is 11.6 Å². The minimum absolute atomic E-state index is 0.118. The van der Waals surface area contributed by atoms with Crippen LogP contribution in [0.2, 0.25) is 0 Å². The maximum Gasteiger partial charge on any atom is 0.433 e. The van der Waals surface area contributed by atoms with Crippen LogP contribution < -0.4 is 10.1 Å². The van der Waals surface area contributed by atoms with E-state index in [-0.39, 0.29) is 18.5 Å². The third kappa shape index (κ3) is 4.00. The molecule has 3 aliphatic heterocycles. The normalized spacial score (nSPS) is 20.9. The highest BCUT2D eigenvalue weighted by atomic mass is 19.4. The van der Waals surface area contributed by atoms with Gasteiger partial charge in [0.05, 0.1) is 13.2 Å². The van der Waals surface area contributed by atoms with Crippen LogP contribution in [0.5, 0.6) is 5.75 Å². The Morgan fingerprint density at radius 3 is 2.62 bits per heavy atom. The fourth-order valence-electron chi connectivity index (χ4n) is 4.97. The monoisotopic (exact) mass is 474 g/mol. The van der Waals surface area contributed by atoms with Crippen LogP contribution >= 0.6 is 0 Å². The molecule has 1 N–H and O–H groups in total. The standard InChI is InChI=1S/C24H25F3N4O3/c1-15(18-4-3-17-6-11-34-19(17)12-18)30-9-7-23(8-10-30)21(32)31(22(33)29-23)14-16-2-5-20(28-13-16)24(25,26)27/h2-5,12-13,15H,6-11,14H2,1H3,(H,29,33). The molecular formula is C24H25F3N4O3. The fourth-order valence-corrected chi connectivity index (χ4v) is 4.97. The van der Waals surface area contributed by atoms with Crippen molar-refractivity contribution < 1.29 is 27.5 Å². The minimum atomic E-state index is -4.54. The number of pyridine rings is 1. The van der Waals surface area contributed by atoms with E-state index in [2.05, 4.69) is 40.3 Å². The Bertz CT molecular complexity index is 1110. The lowest BCUT2D eigenvalue weighted by Gasteiger charge is -2.40. The van der Waals surface area contributed by atoms with Gasteiger partial charge >= 0.3 is 12.2 Å². The van der Waals surface area contributed by atoms with E-state index in [1.807, 2.05) is 0 Å². The number of aromatic nitrogens is 1. The Hall–Kier alpha value is -3.14. The number of benzene rings is 1. The Morgan fingerprint density at radius 2 is 1.94 bits per heavy atom. The molecule has 0 saturated carbocycles. The summed E-state index contributed by atoms with van der Waals surface area (Å²) in [5.41, 5.74) is 0.735. The number of nitrogens with zero attached hydrogens (tertiary/aromatic N) is 3. The second-order valence-electron chi connectivity index (χ2n) is 9.13. The van der Waals surface area contributed by atoms with Gasteiger partial charge < -0.3 is 10.1 Å². The molecule has 3 amide bonds. The predicted molar refractivity (Wildman–Crippen MR) is 116 cm³/mol. The third-order valence-electron chi connectivity index (χ3n) is 7.10. The van der Waals surface area contributed by atoms with Crippen molar-refractivity contribution in [1.29, 1.82) is 0 Å². The highest BCUT2D eigenvalue weighted by Gasteiger charge is 2.52. The third-order valence-corrected chi connectivity index (χ3v) is 7.10. The van der Waals surface area contributed by atoms with Gasteiger partial charge in [-0.2, -0.15) is 13.2 Å². The fraction of sp³-hybridized carbons (Fsp3) is 0.458. The number of carbonyl (C=O) groups excluding carboxylic acids is 2. The smallest absolute Gasteiger partial charge is 0.433 e. The van der Waals surface area contributed by atoms with E-state index in [0.717, 1.165) is 34.9 Å². The minimum Gasteiger partial charge on any atom is -0.493 e. The van der Waals surface area contributed by atoms with Gasteiger partial charge in [-0.25, -0.2) is 4.79 Å². The van der Waals surface area contributed by atoms with Crippen LogP contribution in [0.4, 0.5) is 18.0 Å². The van der Waals surface area contributed by atoms with E-state index in [1.54, 1.807) is 0 Å². The maximum atomic E-state index is 13.2. The molecule has 1 aromatic carbocycles. The lowest BCUT2D eigenvalue weighted by atomic mass is 9.86. The van der Waals surface area contributed by atoms with E-state index >= 15 is 0 Å². The van der Waals surface area contributed by atoms with Crippen molar-refractivity contribution in [3.8, 4) is 5.75 Å². The Morgan fingerprint density at radius 1 is 1.18 bits per heavy atom. The van der Waals surface area contributed by atoms with E-state index in [4.69, 9.17) is 4.74 Å². The van der Waals surface area contributed by atoms with Crippen molar-refractivity contribution in [1.82, 2.24) is 20.1 Å². The number of piperidine rings is 1. The molecule has 5 rings (SSSR count). The molecule has 2 saturated heterocycles. The number of halogens is 3. The lowest BCUT2D eigenvalue weighted by Crippen LogP contribution is -2.55. The predicted octanol–water partition coefficient (Wildman–Crippen LogP) is 3.68. The highest BCUT2D eigenvalue weighted by molar-refractivity contribution is 6.07. The molecule has 34 heavy (non-hydrogen) atoms. The zero-order chi connectivity index (χ0) is 24.1. The summed E-state index contributed by atoms with van der Waals surface area (Å²) in [6, 6.07) is 8.01. The van der Waals surface area contributed by atoms with E-state index in [0.29, 0.717) is 38.1 Å². The molecule has 0 bridgehead atoms. The van der Waals surface area contributed by atoms with Gasteiger partial charge in [-0.3, -0.25) is 19.6 Å². The molecule has 10 heteroatoms. The first-order chi connectivity index (χ1) is 16.2. The van der Waals surface area contributed by atoms with Crippen LogP contribution in [0.25, 0.3) is 0 Å². The SMILES string of the molecule is CC(c1ccc2c(c1)OCC2)N1CCC2(CC1)NC(=O)N(Cc1ccc(C(F)(F)F)nc1)C2=O. The van der Waals surface area contributed by atoms with Crippen molar-refractivity contribution in [3.63, 3.8) is 0 Å². The van der Waals surface area contributed by atoms with Crippen molar-refractivity contribution in [2.75, 3.05) is 19.7 Å². The number of hydrogen-bond donors (Lipinski definition) is 1. The molecule has 0 radical (unpaired) electrons. The molecule has 0 aliphatic carbocycles. The van der Waals surface area contributed by atoms with Gasteiger partial charge in [0.1, 0.15) is 17.0 Å². The van der Waals surface area contributed by atoms with Crippen molar-refractivity contribution in [2.24, 2.45) is 0 Å². The molecule has 1 aromatic heterocycles. The molecule has 180 valence electrons. The van der Waals surface area contributed by atoms with Crippen LogP contribution in [0.3, 0.4) is 0 Å². The number of rotatable bonds is 4. The Labute approximate surface area is 194 Å². The first kappa shape index (κ1) is 22.6. The van der Waals surface area contributed by atoms with Crippen LogP contribution in [0.15, 0.2) is 36.5 Å². The molecule has 1 atom stereocenters. The molecular weight excluding hydrogens is 449 g/mol. The maximum absolute atomic E-state index is 13.2. The average Bonchev–Trinajstić information content (AvgIpc) is 3.37. The zero-order valence-electron chi connectivity index (χ0n) is 18.7. The van der Waals surface area contributed by atoms with Crippen LogP contribution in [0.1, 0.15) is 48.2 Å². The molecule has 2 aromatic rings. The number of alkyl halides is 3. The number of fused-ring (bicyclic) bond motifs is 1. The summed E-state index contributed by atoms with van der Waals surface area (Å²) < 4.78 is 43.9. The van der Waals surface area contributed by atoms with E-state index in [9.17, 15) is 22.8 Å². The second kappa shape index (κ2) is 8.26. The molecule has 3 aliphatic rings. The summed E-state index contributed by atoms with van der Waals surface area (Å²) in [7, 11) is 0. The second-order valence-corrected chi connectivity index (χ2v) is 9.13. The summed E-state index contributed by atoms with van der Waals surface area (Å²) >= 11 is 0. The summed E-state index contributed by atoms with van der Waals surface area (Å²) in [6.45, 7) is 3.96. The first-order valence-electron chi connectivity index (χ1n) is 11.3. The number of imide groups is 1. The first-order valence-corrected chi connectivity index (χ1v) is 11.3. The quantitative estimate of drug-likeness (QED) is 0.685. The summed E-state index contributed by atoms with van der Waals surface area (Å²) in [5, 5.41) is 2.85. The molecule has 4 heterocycles. The lowest BCUT2D eigenvalue weighted by molar-refractivity contribution is -0.141. The van der Waals surface area contributed by atoms with Gasteiger partial charge in [-0.05, 0) is 48.6 Å². The van der Waals surface area contributed by atoms with Crippen molar-refractivity contribution >= 4 is 11.9 Å². The van der Waals surface area contributed by atoms with Gasteiger partial charge in [-0.15, -0.1) is 0 Å². The molecule has 7 nitrogen and oxygen atoms in total. The number of amides is 3. The number of likely N-dealkylation sites (tertiary alicyclic amines) is 1. The molecule has 1 unspecified atom stereocenters. The van der Waals surface area contributed by atoms with Gasteiger partial charge in [0, 0.05) is 31.7 Å². The Kier molecular flexibility index (Phi) is 5.50. The van der Waals surface area contributed by atoms with Crippen LogP contribution in [0, 0.1) is 0 Å². The van der Waals surface area contributed by atoms with Gasteiger partial charge in [0.2, 0.25) is 0 Å². The zero-order valence-corrected chi connectivity index (χ0v) is 18.7. The number of urea groups is 1.